The number of aliphatic imine (C=N–C) groups is 1. The molecule has 1 aromatic carbocycles. The number of likely N-dealkylation sites (N-methyl/N-ethyl adjacent to an activating group) is 1. The number of hydrogen-bond donors (Lipinski definition) is 3. The molecule has 16 heavy (non-hydrogen) atoms. The maximum Gasteiger partial charge on any atom is 0.246 e. The van der Waals surface area contributed by atoms with Gasteiger partial charge in [-0.25, -0.2) is 0 Å². The molecule has 1 atom stereocenters. The number of phenolic OH excluding ortho intramolecular Hbond substituents is 1. The molecule has 0 fully saturated rings. The van der Waals surface area contributed by atoms with E-state index in [2.05, 4.69) is 10.3 Å². The number of amides is 1. The van der Waals surface area contributed by atoms with Crippen LogP contribution < -0.4 is 5.32 Å². The van der Waals surface area contributed by atoms with Gasteiger partial charge in [-0.2, -0.15) is 0 Å². The molecule has 0 saturated heterocycles. The lowest BCUT2D eigenvalue weighted by atomic mass is 10.2. The van der Waals surface area contributed by atoms with Crippen molar-refractivity contribution in [2.45, 2.75) is 6.04 Å². The summed E-state index contributed by atoms with van der Waals surface area (Å²) >= 11 is 0. The van der Waals surface area contributed by atoms with Crippen LogP contribution in [0.3, 0.4) is 0 Å². The molecule has 0 aromatic heterocycles. The first-order valence-electron chi connectivity index (χ1n) is 4.82. The van der Waals surface area contributed by atoms with Crippen LogP contribution in [0.15, 0.2) is 29.3 Å². The third-order valence-corrected chi connectivity index (χ3v) is 2.00. The van der Waals surface area contributed by atoms with Gasteiger partial charge in [-0.05, 0) is 17.7 Å². The van der Waals surface area contributed by atoms with E-state index in [9.17, 15) is 9.90 Å². The summed E-state index contributed by atoms with van der Waals surface area (Å²) in [6, 6.07) is 5.65. The number of hydrogen-bond acceptors (Lipinski definition) is 4. The minimum Gasteiger partial charge on any atom is -0.508 e. The minimum absolute atomic E-state index is 0.129. The average Bonchev–Trinajstić information content (AvgIpc) is 2.29. The van der Waals surface area contributed by atoms with E-state index in [0.29, 0.717) is 5.56 Å². The molecule has 1 rings (SSSR count). The van der Waals surface area contributed by atoms with E-state index in [1.54, 1.807) is 18.2 Å². The summed E-state index contributed by atoms with van der Waals surface area (Å²) in [5.41, 5.74) is 0.669. The minimum atomic E-state index is -0.813. The van der Waals surface area contributed by atoms with Gasteiger partial charge in [0.2, 0.25) is 5.91 Å². The van der Waals surface area contributed by atoms with E-state index < -0.39 is 6.04 Å². The van der Waals surface area contributed by atoms with Crippen molar-refractivity contribution in [2.24, 2.45) is 4.99 Å². The average molecular weight is 222 g/mol. The highest BCUT2D eigenvalue weighted by atomic mass is 16.3. The molecule has 5 heteroatoms. The van der Waals surface area contributed by atoms with Crippen molar-refractivity contribution >= 4 is 12.1 Å². The van der Waals surface area contributed by atoms with Crippen molar-refractivity contribution in [3.63, 3.8) is 0 Å². The zero-order chi connectivity index (χ0) is 12.0. The smallest absolute Gasteiger partial charge is 0.246 e. The summed E-state index contributed by atoms with van der Waals surface area (Å²) in [6.07, 6.45) is 1.44. The lowest BCUT2D eigenvalue weighted by Crippen LogP contribution is -2.33. The molecular weight excluding hydrogens is 208 g/mol. The quantitative estimate of drug-likeness (QED) is 0.623. The predicted octanol–water partition coefficient (Wildman–Crippen LogP) is -0.0820. The van der Waals surface area contributed by atoms with E-state index in [-0.39, 0.29) is 18.3 Å². The Kier molecular flexibility index (Phi) is 4.47. The van der Waals surface area contributed by atoms with Gasteiger partial charge in [-0.15, -0.1) is 0 Å². The Morgan fingerprint density at radius 2 is 2.38 bits per heavy atom. The highest BCUT2D eigenvalue weighted by Gasteiger charge is 2.12. The number of aliphatic hydroxyl groups is 1. The van der Waals surface area contributed by atoms with Crippen LogP contribution in [0, 0.1) is 0 Å². The predicted molar refractivity (Wildman–Crippen MR) is 60.6 cm³/mol. The zero-order valence-electron chi connectivity index (χ0n) is 8.92. The van der Waals surface area contributed by atoms with Crippen molar-refractivity contribution in [2.75, 3.05) is 13.7 Å². The summed E-state index contributed by atoms with van der Waals surface area (Å²) in [5, 5.41) is 20.5. The van der Waals surface area contributed by atoms with Crippen LogP contribution in [0.2, 0.25) is 0 Å². The zero-order valence-corrected chi connectivity index (χ0v) is 8.92. The maximum atomic E-state index is 11.2. The molecule has 0 spiro atoms. The molecule has 0 aliphatic rings. The highest BCUT2D eigenvalue weighted by molar-refractivity contribution is 5.86. The summed E-state index contributed by atoms with van der Waals surface area (Å²) in [6.45, 7) is -0.352. The Morgan fingerprint density at radius 3 is 2.94 bits per heavy atom. The first-order chi connectivity index (χ1) is 7.67. The van der Waals surface area contributed by atoms with E-state index in [4.69, 9.17) is 5.11 Å². The van der Waals surface area contributed by atoms with E-state index in [1.165, 1.54) is 19.3 Å². The van der Waals surface area contributed by atoms with E-state index in [0.717, 1.165) is 0 Å². The van der Waals surface area contributed by atoms with Gasteiger partial charge in [0, 0.05) is 13.3 Å². The summed E-state index contributed by atoms with van der Waals surface area (Å²) in [7, 11) is 1.48. The fourth-order valence-corrected chi connectivity index (χ4v) is 1.15. The number of aromatic hydroxyl groups is 1. The van der Waals surface area contributed by atoms with Gasteiger partial charge in [0.15, 0.2) is 6.04 Å². The van der Waals surface area contributed by atoms with Crippen molar-refractivity contribution in [3.05, 3.63) is 29.8 Å². The number of carbonyl (C=O) groups is 1. The molecule has 1 unspecified atom stereocenters. The molecule has 1 aromatic rings. The molecule has 3 N–H and O–H groups in total. The Hall–Kier alpha value is -1.88. The molecular formula is C11H14N2O3. The Morgan fingerprint density at radius 1 is 1.62 bits per heavy atom. The van der Waals surface area contributed by atoms with Crippen molar-refractivity contribution < 1.29 is 15.0 Å². The fourth-order valence-electron chi connectivity index (χ4n) is 1.15. The standard InChI is InChI=1S/C11H14N2O3/c1-12-11(16)10(7-14)13-6-8-3-2-4-9(15)5-8/h2-6,10,14-15H,7H2,1H3,(H,12,16). The number of nitrogens with zero attached hydrogens (tertiary/aromatic N) is 1. The lowest BCUT2D eigenvalue weighted by Gasteiger charge is -2.06. The molecule has 0 saturated carbocycles. The number of aliphatic hydroxyl groups excluding tert-OH is 1. The van der Waals surface area contributed by atoms with Crippen LogP contribution in [-0.2, 0) is 4.79 Å². The topological polar surface area (TPSA) is 81.9 Å². The Labute approximate surface area is 93.5 Å². The molecule has 1 amide bonds. The van der Waals surface area contributed by atoms with E-state index in [1.807, 2.05) is 0 Å². The van der Waals surface area contributed by atoms with Crippen molar-refractivity contribution in [1.82, 2.24) is 5.32 Å². The lowest BCUT2D eigenvalue weighted by molar-refractivity contribution is -0.122. The highest BCUT2D eigenvalue weighted by Crippen LogP contribution is 2.09. The van der Waals surface area contributed by atoms with Gasteiger partial charge >= 0.3 is 0 Å². The van der Waals surface area contributed by atoms with Crippen LogP contribution in [0.25, 0.3) is 0 Å². The molecule has 0 aliphatic carbocycles. The van der Waals surface area contributed by atoms with Crippen LogP contribution in [0.1, 0.15) is 5.56 Å². The fraction of sp³-hybridized carbons (Fsp3) is 0.273. The van der Waals surface area contributed by atoms with Crippen LogP contribution in [0.5, 0.6) is 5.75 Å². The third-order valence-electron chi connectivity index (χ3n) is 2.00. The number of benzene rings is 1. The van der Waals surface area contributed by atoms with Crippen LogP contribution in [-0.4, -0.2) is 42.0 Å². The first kappa shape index (κ1) is 12.2. The molecule has 0 bridgehead atoms. The van der Waals surface area contributed by atoms with Gasteiger partial charge in [0.1, 0.15) is 5.75 Å². The largest absolute Gasteiger partial charge is 0.508 e. The Bertz CT molecular complexity index is 391. The second kappa shape index (κ2) is 5.87. The van der Waals surface area contributed by atoms with Gasteiger partial charge < -0.3 is 15.5 Å². The monoisotopic (exact) mass is 222 g/mol. The van der Waals surface area contributed by atoms with Crippen molar-refractivity contribution in [3.8, 4) is 5.75 Å². The normalized spacial score (nSPS) is 12.6. The number of nitrogens with one attached hydrogen (secondary N) is 1. The molecule has 0 aliphatic heterocycles. The van der Waals surface area contributed by atoms with Gasteiger partial charge in [0.05, 0.1) is 6.61 Å². The second-order valence-corrected chi connectivity index (χ2v) is 3.19. The second-order valence-electron chi connectivity index (χ2n) is 3.19. The molecule has 86 valence electrons. The summed E-state index contributed by atoms with van der Waals surface area (Å²) < 4.78 is 0. The van der Waals surface area contributed by atoms with E-state index >= 15 is 0 Å². The van der Waals surface area contributed by atoms with Crippen molar-refractivity contribution in [1.29, 1.82) is 0 Å². The van der Waals surface area contributed by atoms with Crippen LogP contribution in [0.4, 0.5) is 0 Å². The Balaban J connectivity index is 2.75. The SMILES string of the molecule is CNC(=O)C(CO)N=Cc1cccc(O)c1. The summed E-state index contributed by atoms with van der Waals surface area (Å²) in [5.74, 6) is -0.219. The maximum absolute atomic E-state index is 11.2. The molecule has 0 heterocycles. The van der Waals surface area contributed by atoms with Gasteiger partial charge in [-0.1, -0.05) is 12.1 Å². The third kappa shape index (κ3) is 3.36. The molecule has 5 nitrogen and oxygen atoms in total. The summed E-state index contributed by atoms with van der Waals surface area (Å²) in [4.78, 5) is 15.1. The number of rotatable bonds is 4. The number of carbonyl (C=O) groups excluding carboxylic acids is 1. The molecule has 0 radical (unpaired) electrons. The van der Waals surface area contributed by atoms with Gasteiger partial charge in [-0.3, -0.25) is 9.79 Å². The van der Waals surface area contributed by atoms with Crippen LogP contribution >= 0.6 is 0 Å². The first-order valence-corrected chi connectivity index (χ1v) is 4.82. The number of phenols is 1. The van der Waals surface area contributed by atoms with Gasteiger partial charge in [0.25, 0.3) is 0 Å².